The Labute approximate surface area is 154 Å². The van der Waals surface area contributed by atoms with E-state index < -0.39 is 5.41 Å². The average molecular weight is 366 g/mol. The monoisotopic (exact) mass is 366 g/mol. The molecule has 0 aliphatic heterocycles. The summed E-state index contributed by atoms with van der Waals surface area (Å²) in [6.45, 7) is 0. The van der Waals surface area contributed by atoms with E-state index in [0.29, 0.717) is 35.5 Å². The molecule has 0 atom stereocenters. The predicted octanol–water partition coefficient (Wildman–Crippen LogP) is 4.27. The third-order valence-corrected chi connectivity index (χ3v) is 5.69. The highest BCUT2D eigenvalue weighted by atomic mass is 19.1. The topological polar surface area (TPSA) is 85.4 Å². The van der Waals surface area contributed by atoms with Crippen LogP contribution in [0.3, 0.4) is 0 Å². The number of fused-ring (bicyclic) bond motifs is 1. The zero-order chi connectivity index (χ0) is 18.8. The van der Waals surface area contributed by atoms with Crippen LogP contribution in [0.5, 0.6) is 11.5 Å². The van der Waals surface area contributed by atoms with Crippen molar-refractivity contribution in [2.24, 2.45) is 0 Å². The summed E-state index contributed by atoms with van der Waals surface area (Å²) in [5, 5.41) is 22.8. The van der Waals surface area contributed by atoms with Crippen LogP contribution in [0.4, 0.5) is 10.1 Å². The molecule has 2 saturated carbocycles. The number of hydrogen-bond donors (Lipinski definition) is 4. The normalized spacial score (nSPS) is 17.8. The van der Waals surface area contributed by atoms with Crippen molar-refractivity contribution in [2.75, 3.05) is 5.32 Å². The first-order valence-corrected chi connectivity index (χ1v) is 9.12. The smallest absolute Gasteiger partial charge is 0.235 e. The number of amides is 1. The Morgan fingerprint density at radius 3 is 2.56 bits per heavy atom. The molecular weight excluding hydrogens is 347 g/mol. The van der Waals surface area contributed by atoms with Crippen LogP contribution < -0.4 is 5.32 Å². The van der Waals surface area contributed by atoms with E-state index in [4.69, 9.17) is 0 Å². The van der Waals surface area contributed by atoms with Gasteiger partial charge in [0.2, 0.25) is 5.91 Å². The van der Waals surface area contributed by atoms with Crippen molar-refractivity contribution in [3.8, 4) is 11.5 Å². The first kappa shape index (κ1) is 16.2. The molecule has 4 N–H and O–H groups in total. The Morgan fingerprint density at radius 1 is 1.11 bits per heavy atom. The minimum atomic E-state index is -0.742. The summed E-state index contributed by atoms with van der Waals surface area (Å²) in [7, 11) is 0. The lowest BCUT2D eigenvalue weighted by Gasteiger charge is -2.16. The minimum absolute atomic E-state index is 0.221. The second-order valence-corrected chi connectivity index (χ2v) is 7.66. The summed E-state index contributed by atoms with van der Waals surface area (Å²) in [4.78, 5) is 16.0. The number of phenols is 2. The summed E-state index contributed by atoms with van der Waals surface area (Å²) in [6, 6.07) is 9.50. The molecule has 3 aromatic rings. The summed E-state index contributed by atoms with van der Waals surface area (Å²) in [5.41, 5.74) is 1.84. The molecule has 2 aliphatic rings. The highest BCUT2D eigenvalue weighted by Gasteiger charge is 2.51. The molecule has 0 radical (unpaired) electrons. The maximum atomic E-state index is 14.5. The van der Waals surface area contributed by atoms with Crippen molar-refractivity contribution in [3.63, 3.8) is 0 Å². The van der Waals surface area contributed by atoms with Crippen LogP contribution >= 0.6 is 0 Å². The number of aromatic amines is 1. The van der Waals surface area contributed by atoms with E-state index in [1.54, 1.807) is 12.1 Å². The van der Waals surface area contributed by atoms with Crippen LogP contribution in [0, 0.1) is 5.82 Å². The molecule has 0 bridgehead atoms. The lowest BCUT2D eigenvalue weighted by Crippen LogP contribution is -2.27. The third-order valence-electron chi connectivity index (χ3n) is 5.69. The maximum Gasteiger partial charge on any atom is 0.235 e. The number of benzene rings is 2. The zero-order valence-corrected chi connectivity index (χ0v) is 14.6. The van der Waals surface area contributed by atoms with E-state index in [1.807, 2.05) is 6.07 Å². The molecule has 0 spiro atoms. The Bertz CT molecular complexity index is 1080. The number of H-pyrrole nitrogens is 1. The van der Waals surface area contributed by atoms with E-state index in [0.717, 1.165) is 23.9 Å². The fraction of sp³-hybridized carbons (Fsp3) is 0.286. The zero-order valence-electron chi connectivity index (χ0n) is 14.6. The molecule has 0 saturated heterocycles. The van der Waals surface area contributed by atoms with Crippen molar-refractivity contribution < 1.29 is 19.4 Å². The largest absolute Gasteiger partial charge is 0.504 e. The van der Waals surface area contributed by atoms with Crippen molar-refractivity contribution in [2.45, 2.75) is 37.0 Å². The highest BCUT2D eigenvalue weighted by Crippen LogP contribution is 2.50. The van der Waals surface area contributed by atoms with E-state index in [2.05, 4.69) is 10.3 Å². The summed E-state index contributed by atoms with van der Waals surface area (Å²) >= 11 is 0. The van der Waals surface area contributed by atoms with Gasteiger partial charge >= 0.3 is 0 Å². The molecule has 1 aromatic heterocycles. The minimum Gasteiger partial charge on any atom is -0.504 e. The Kier molecular flexibility index (Phi) is 3.29. The van der Waals surface area contributed by atoms with Crippen LogP contribution in [-0.2, 0) is 10.2 Å². The van der Waals surface area contributed by atoms with Gasteiger partial charge in [-0.25, -0.2) is 4.39 Å². The van der Waals surface area contributed by atoms with Crippen LogP contribution in [0.25, 0.3) is 10.9 Å². The molecule has 27 heavy (non-hydrogen) atoms. The van der Waals surface area contributed by atoms with Crippen LogP contribution in [-0.4, -0.2) is 21.1 Å². The number of nitrogens with one attached hydrogen (secondary N) is 2. The van der Waals surface area contributed by atoms with Crippen LogP contribution in [0.15, 0.2) is 36.4 Å². The number of hydrogen-bond acceptors (Lipinski definition) is 3. The molecule has 2 fully saturated rings. The number of carbonyl (C=O) groups excluding carboxylic acids is 1. The first-order chi connectivity index (χ1) is 13.0. The molecule has 1 heterocycles. The van der Waals surface area contributed by atoms with Gasteiger partial charge in [-0.1, -0.05) is 6.07 Å². The van der Waals surface area contributed by atoms with Crippen molar-refractivity contribution in [1.29, 1.82) is 0 Å². The van der Waals surface area contributed by atoms with E-state index in [9.17, 15) is 19.4 Å². The molecule has 138 valence electrons. The number of carbonyl (C=O) groups is 1. The molecule has 6 heteroatoms. The predicted molar refractivity (Wildman–Crippen MR) is 99.5 cm³/mol. The fourth-order valence-electron chi connectivity index (χ4n) is 3.75. The quantitative estimate of drug-likeness (QED) is 0.520. The van der Waals surface area contributed by atoms with Gasteiger partial charge in [-0.15, -0.1) is 0 Å². The van der Waals surface area contributed by atoms with Crippen LogP contribution in [0.2, 0.25) is 0 Å². The number of rotatable bonds is 4. The second kappa shape index (κ2) is 5.49. The lowest BCUT2D eigenvalue weighted by atomic mass is 9.94. The van der Waals surface area contributed by atoms with Gasteiger partial charge in [0.1, 0.15) is 5.82 Å². The molecule has 0 unspecified atom stereocenters. The number of phenolic OH excluding ortho intramolecular Hbond substituents is 2. The Hall–Kier alpha value is -3.02. The summed E-state index contributed by atoms with van der Waals surface area (Å²) in [6.07, 6.45) is 3.54. The van der Waals surface area contributed by atoms with Gasteiger partial charge in [-0.05, 0) is 67.5 Å². The molecule has 2 aliphatic carbocycles. The highest BCUT2D eigenvalue weighted by molar-refractivity contribution is 6.02. The van der Waals surface area contributed by atoms with Gasteiger partial charge < -0.3 is 20.5 Å². The standard InChI is InChI=1S/C21H19FN2O3/c22-15-10-14(7-12-8-16(11-1-2-11)24-19(12)15)23-20(27)21(5-6-21)13-3-4-17(25)18(26)9-13/h3-4,7-11,24-26H,1-2,5-6H2,(H,23,27). The van der Waals surface area contributed by atoms with Crippen molar-refractivity contribution >= 4 is 22.5 Å². The maximum absolute atomic E-state index is 14.5. The van der Waals surface area contributed by atoms with Gasteiger partial charge in [0.05, 0.1) is 10.9 Å². The van der Waals surface area contributed by atoms with Gasteiger partial charge in [-0.2, -0.15) is 0 Å². The van der Waals surface area contributed by atoms with Gasteiger partial charge in [-0.3, -0.25) is 4.79 Å². The fourth-order valence-corrected chi connectivity index (χ4v) is 3.75. The average Bonchev–Trinajstić information content (AvgIpc) is 3.55. The summed E-state index contributed by atoms with van der Waals surface area (Å²) in [5.74, 6) is -0.599. The van der Waals surface area contributed by atoms with E-state index in [-0.39, 0.29) is 23.2 Å². The van der Waals surface area contributed by atoms with E-state index in [1.165, 1.54) is 18.2 Å². The second-order valence-electron chi connectivity index (χ2n) is 7.66. The lowest BCUT2D eigenvalue weighted by molar-refractivity contribution is -0.118. The van der Waals surface area contributed by atoms with Crippen molar-refractivity contribution in [1.82, 2.24) is 4.98 Å². The van der Waals surface area contributed by atoms with Gasteiger partial charge in [0.15, 0.2) is 11.5 Å². The number of anilines is 1. The van der Waals surface area contributed by atoms with E-state index >= 15 is 0 Å². The van der Waals surface area contributed by atoms with Gasteiger partial charge in [0.25, 0.3) is 0 Å². The van der Waals surface area contributed by atoms with Crippen molar-refractivity contribution in [3.05, 3.63) is 53.5 Å². The SMILES string of the molecule is O=C(Nc1cc(F)c2[nH]c(C3CC3)cc2c1)C1(c2ccc(O)c(O)c2)CC1. The van der Waals surface area contributed by atoms with Gasteiger partial charge in [0, 0.05) is 16.8 Å². The third kappa shape index (κ3) is 2.63. The first-order valence-electron chi connectivity index (χ1n) is 9.12. The number of aromatic hydroxyl groups is 2. The summed E-state index contributed by atoms with van der Waals surface area (Å²) < 4.78 is 14.5. The van der Waals surface area contributed by atoms with Crippen LogP contribution in [0.1, 0.15) is 42.9 Å². The molecular formula is C21H19FN2O3. The molecule has 1 amide bonds. The number of aromatic nitrogens is 1. The Morgan fingerprint density at radius 2 is 1.89 bits per heavy atom. The Balaban J connectivity index is 1.44. The molecule has 2 aromatic carbocycles. The molecule has 5 rings (SSSR count). The number of halogens is 1. The molecule has 5 nitrogen and oxygen atoms in total.